The molecule has 1 aliphatic heterocycles. The number of halogens is 1. The van der Waals surface area contributed by atoms with Gasteiger partial charge in [-0.1, -0.05) is 11.6 Å². The average molecular weight is 400 g/mol. The lowest BCUT2D eigenvalue weighted by Gasteiger charge is -2.24. The van der Waals surface area contributed by atoms with Crippen molar-refractivity contribution in [3.05, 3.63) is 73.8 Å². The maximum atomic E-state index is 13.3. The van der Waals surface area contributed by atoms with E-state index in [0.717, 1.165) is 13.1 Å². The Balaban J connectivity index is 1.87. The Morgan fingerprint density at radius 3 is 2.50 bits per heavy atom. The molecule has 0 amide bonds. The molecule has 3 aromatic rings. The van der Waals surface area contributed by atoms with Crippen molar-refractivity contribution in [1.29, 1.82) is 0 Å². The van der Waals surface area contributed by atoms with E-state index < -0.39 is 4.92 Å². The fourth-order valence-electron chi connectivity index (χ4n) is 3.76. The van der Waals surface area contributed by atoms with Crippen LogP contribution in [0.25, 0.3) is 16.6 Å². The summed E-state index contributed by atoms with van der Waals surface area (Å²) in [5.41, 5.74) is 0.944. The molecule has 0 aliphatic carbocycles. The van der Waals surface area contributed by atoms with E-state index in [1.54, 1.807) is 34.9 Å². The standard InChI is InChI=1S/C20H19ClN4O3/c21-14-4-9-18-17(12-14)20(26)24(15-5-7-16(8-6-15)25(27)28)19(22-18)13-23-10-2-1-3-11-23/h4-9,12H,1-3,10-11,13H2/p+1. The highest BCUT2D eigenvalue weighted by Crippen LogP contribution is 2.19. The smallest absolute Gasteiger partial charge is 0.269 e. The molecule has 1 N–H and O–H groups in total. The number of hydrogen-bond donors (Lipinski definition) is 1. The first-order chi connectivity index (χ1) is 13.5. The van der Waals surface area contributed by atoms with Gasteiger partial charge in [0.1, 0.15) is 6.54 Å². The summed E-state index contributed by atoms with van der Waals surface area (Å²) in [6.45, 7) is 2.73. The Morgan fingerprint density at radius 1 is 1.11 bits per heavy atom. The van der Waals surface area contributed by atoms with Crippen LogP contribution in [0.15, 0.2) is 47.3 Å². The first-order valence-corrected chi connectivity index (χ1v) is 9.70. The zero-order valence-corrected chi connectivity index (χ0v) is 16.0. The van der Waals surface area contributed by atoms with Crippen LogP contribution in [0.5, 0.6) is 0 Å². The molecule has 1 fully saturated rings. The average Bonchev–Trinajstić information content (AvgIpc) is 2.70. The number of quaternary nitrogens is 1. The van der Waals surface area contributed by atoms with Crippen LogP contribution in [0, 0.1) is 10.1 Å². The Labute approximate surface area is 166 Å². The summed E-state index contributed by atoms with van der Waals surface area (Å²) in [6, 6.07) is 11.1. The van der Waals surface area contributed by atoms with E-state index in [-0.39, 0.29) is 11.2 Å². The quantitative estimate of drug-likeness (QED) is 0.539. The number of hydrogen-bond acceptors (Lipinski definition) is 4. The van der Waals surface area contributed by atoms with E-state index >= 15 is 0 Å². The van der Waals surface area contributed by atoms with Crippen LogP contribution in [-0.2, 0) is 6.54 Å². The predicted molar refractivity (Wildman–Crippen MR) is 107 cm³/mol. The highest BCUT2D eigenvalue weighted by molar-refractivity contribution is 6.31. The molecule has 144 valence electrons. The third-order valence-corrected chi connectivity index (χ3v) is 5.42. The summed E-state index contributed by atoms with van der Waals surface area (Å²) in [5.74, 6) is 0.658. The second kappa shape index (κ2) is 7.69. The summed E-state index contributed by atoms with van der Waals surface area (Å²) < 4.78 is 1.56. The highest BCUT2D eigenvalue weighted by atomic mass is 35.5. The fraction of sp³-hybridized carbons (Fsp3) is 0.300. The highest BCUT2D eigenvalue weighted by Gasteiger charge is 2.20. The van der Waals surface area contributed by atoms with E-state index in [0.29, 0.717) is 34.0 Å². The molecule has 0 atom stereocenters. The molecule has 1 aromatic heterocycles. The molecule has 0 radical (unpaired) electrons. The monoisotopic (exact) mass is 399 g/mol. The molecule has 0 saturated carbocycles. The van der Waals surface area contributed by atoms with E-state index in [4.69, 9.17) is 16.6 Å². The Morgan fingerprint density at radius 2 is 1.82 bits per heavy atom. The Hall–Kier alpha value is -2.77. The number of nitrogens with one attached hydrogen (secondary N) is 1. The number of nitro groups is 1. The number of piperidine rings is 1. The van der Waals surface area contributed by atoms with Gasteiger partial charge in [0.15, 0.2) is 5.82 Å². The van der Waals surface area contributed by atoms with Gasteiger partial charge in [0, 0.05) is 17.2 Å². The van der Waals surface area contributed by atoms with Gasteiger partial charge in [-0.2, -0.15) is 0 Å². The minimum absolute atomic E-state index is 0.0169. The van der Waals surface area contributed by atoms with Gasteiger partial charge < -0.3 is 4.90 Å². The number of fused-ring (bicyclic) bond motifs is 1. The lowest BCUT2D eigenvalue weighted by molar-refractivity contribution is -0.919. The summed E-state index contributed by atoms with van der Waals surface area (Å²) in [5, 5.41) is 11.9. The molecular weight excluding hydrogens is 380 g/mol. The second-order valence-corrected chi connectivity index (χ2v) is 7.53. The normalized spacial score (nSPS) is 15.0. The zero-order valence-electron chi connectivity index (χ0n) is 15.2. The van der Waals surface area contributed by atoms with Crippen molar-refractivity contribution in [2.24, 2.45) is 0 Å². The molecule has 1 aliphatic rings. The number of likely N-dealkylation sites (tertiary alicyclic amines) is 1. The van der Waals surface area contributed by atoms with Crippen molar-refractivity contribution in [1.82, 2.24) is 9.55 Å². The number of benzene rings is 2. The third-order valence-electron chi connectivity index (χ3n) is 5.19. The molecule has 2 heterocycles. The van der Waals surface area contributed by atoms with Gasteiger partial charge in [0.2, 0.25) is 0 Å². The fourth-order valence-corrected chi connectivity index (χ4v) is 3.94. The van der Waals surface area contributed by atoms with Gasteiger partial charge in [-0.05, 0) is 49.6 Å². The van der Waals surface area contributed by atoms with Crippen LogP contribution in [0.1, 0.15) is 25.1 Å². The lowest BCUT2D eigenvalue weighted by atomic mass is 10.1. The van der Waals surface area contributed by atoms with E-state index in [1.165, 1.54) is 36.3 Å². The molecule has 0 spiro atoms. The summed E-state index contributed by atoms with van der Waals surface area (Å²) in [7, 11) is 0. The SMILES string of the molecule is O=c1c2cc(Cl)ccc2nc(C[NH+]2CCCCC2)n1-c1ccc([N+](=O)[O-])cc1. The van der Waals surface area contributed by atoms with E-state index in [2.05, 4.69) is 0 Å². The van der Waals surface area contributed by atoms with Crippen molar-refractivity contribution in [3.63, 3.8) is 0 Å². The van der Waals surface area contributed by atoms with E-state index in [1.807, 2.05) is 0 Å². The number of rotatable bonds is 4. The molecule has 0 bridgehead atoms. The topological polar surface area (TPSA) is 82.5 Å². The maximum absolute atomic E-state index is 13.3. The van der Waals surface area contributed by atoms with Crippen molar-refractivity contribution < 1.29 is 9.82 Å². The van der Waals surface area contributed by atoms with Crippen LogP contribution in [0.3, 0.4) is 0 Å². The maximum Gasteiger partial charge on any atom is 0.269 e. The molecule has 2 aromatic carbocycles. The van der Waals surface area contributed by atoms with Gasteiger partial charge in [-0.3, -0.25) is 19.5 Å². The van der Waals surface area contributed by atoms with Crippen molar-refractivity contribution in [2.75, 3.05) is 13.1 Å². The largest absolute Gasteiger partial charge is 0.329 e. The zero-order chi connectivity index (χ0) is 19.7. The van der Waals surface area contributed by atoms with Crippen LogP contribution in [0.4, 0.5) is 5.69 Å². The van der Waals surface area contributed by atoms with E-state index in [9.17, 15) is 14.9 Å². The first kappa shape index (κ1) is 18.6. The molecule has 7 nitrogen and oxygen atoms in total. The summed E-state index contributed by atoms with van der Waals surface area (Å²) >= 11 is 6.09. The molecule has 0 unspecified atom stereocenters. The molecule has 1 saturated heterocycles. The molecule has 8 heteroatoms. The molecular formula is C20H20ClN4O3+. The second-order valence-electron chi connectivity index (χ2n) is 7.09. The molecule has 28 heavy (non-hydrogen) atoms. The summed E-state index contributed by atoms with van der Waals surface area (Å²) in [6.07, 6.45) is 3.57. The van der Waals surface area contributed by atoms with Gasteiger partial charge in [-0.15, -0.1) is 0 Å². The molecule has 4 rings (SSSR count). The number of aromatic nitrogens is 2. The predicted octanol–water partition coefficient (Wildman–Crippen LogP) is 2.52. The first-order valence-electron chi connectivity index (χ1n) is 9.32. The van der Waals surface area contributed by atoms with Gasteiger partial charge >= 0.3 is 0 Å². The number of nitro benzene ring substituents is 1. The summed E-state index contributed by atoms with van der Waals surface area (Å²) in [4.78, 5) is 29.9. The number of non-ortho nitro benzene ring substituents is 1. The van der Waals surface area contributed by atoms with Gasteiger partial charge in [0.05, 0.1) is 34.6 Å². The van der Waals surface area contributed by atoms with Crippen LogP contribution in [0.2, 0.25) is 5.02 Å². The van der Waals surface area contributed by atoms with Crippen LogP contribution < -0.4 is 10.5 Å². The van der Waals surface area contributed by atoms with Crippen LogP contribution in [-0.4, -0.2) is 27.6 Å². The lowest BCUT2D eigenvalue weighted by Crippen LogP contribution is -3.11. The Kier molecular flexibility index (Phi) is 5.11. The number of nitrogens with zero attached hydrogens (tertiary/aromatic N) is 3. The van der Waals surface area contributed by atoms with Crippen molar-refractivity contribution >= 4 is 28.2 Å². The Bertz CT molecular complexity index is 1090. The minimum atomic E-state index is -0.455. The van der Waals surface area contributed by atoms with Gasteiger partial charge in [0.25, 0.3) is 11.2 Å². The van der Waals surface area contributed by atoms with Crippen LogP contribution >= 0.6 is 11.6 Å². The van der Waals surface area contributed by atoms with Crippen molar-refractivity contribution in [3.8, 4) is 5.69 Å². The van der Waals surface area contributed by atoms with Crippen molar-refractivity contribution in [2.45, 2.75) is 25.8 Å². The third kappa shape index (κ3) is 3.63. The minimum Gasteiger partial charge on any atom is -0.329 e. The van der Waals surface area contributed by atoms with Gasteiger partial charge in [-0.25, -0.2) is 4.98 Å².